The fourth-order valence-electron chi connectivity index (χ4n) is 4.83. The van der Waals surface area contributed by atoms with Gasteiger partial charge < -0.3 is 30.2 Å². The number of esters is 2. The second kappa shape index (κ2) is 22.1. The van der Waals surface area contributed by atoms with Crippen LogP contribution in [0.4, 0.5) is 24.5 Å². The number of nitrogens with one attached hydrogen (secondary N) is 3. The molecular formula is C37H42F3IN4O12. The van der Waals surface area contributed by atoms with Gasteiger partial charge in [0.1, 0.15) is 12.1 Å². The molecular weight excluding hydrogens is 876 g/mol. The Balaban J connectivity index is 0.000000314. The second-order valence-electron chi connectivity index (χ2n) is 11.8. The van der Waals surface area contributed by atoms with Crippen LogP contribution < -0.4 is 25.8 Å². The van der Waals surface area contributed by atoms with Gasteiger partial charge in [0.05, 0.1) is 25.6 Å². The van der Waals surface area contributed by atoms with Gasteiger partial charge in [-0.3, -0.25) is 24.4 Å². The number of methoxy groups -OCH3 is 2. The number of hydroxylamine groups is 1. The summed E-state index contributed by atoms with van der Waals surface area (Å²) in [4.78, 5) is 80.7. The summed E-state index contributed by atoms with van der Waals surface area (Å²) in [6.07, 6.45) is -4.84. The largest absolute Gasteiger partial charge is 0.573 e. The molecule has 1 aliphatic rings. The van der Waals surface area contributed by atoms with E-state index in [1.165, 1.54) is 40.0 Å². The van der Waals surface area contributed by atoms with E-state index in [-0.39, 0.29) is 36.0 Å². The number of alkyl halides is 4. The molecule has 0 aliphatic carbocycles. The molecule has 3 aromatic rings. The summed E-state index contributed by atoms with van der Waals surface area (Å²) in [6, 6.07) is 15.8. The Morgan fingerprint density at radius 1 is 0.789 bits per heavy atom. The van der Waals surface area contributed by atoms with Crippen LogP contribution in [0.1, 0.15) is 49.2 Å². The van der Waals surface area contributed by atoms with Crippen molar-refractivity contribution in [3.05, 3.63) is 87.0 Å². The minimum absolute atomic E-state index is 0.124. The van der Waals surface area contributed by atoms with Crippen molar-refractivity contribution in [2.45, 2.75) is 59.0 Å². The molecule has 4 rings (SSSR count). The van der Waals surface area contributed by atoms with Crippen LogP contribution in [-0.2, 0) is 54.1 Å². The molecule has 0 aromatic heterocycles. The number of fused-ring (bicyclic) bond motifs is 1. The molecule has 0 fully saturated rings. The summed E-state index contributed by atoms with van der Waals surface area (Å²) in [6.45, 7) is 4.87. The van der Waals surface area contributed by atoms with Crippen LogP contribution >= 0.6 is 20.2 Å². The van der Waals surface area contributed by atoms with Crippen molar-refractivity contribution in [1.82, 2.24) is 10.6 Å². The van der Waals surface area contributed by atoms with E-state index in [0.717, 1.165) is 34.8 Å². The summed E-state index contributed by atoms with van der Waals surface area (Å²) < 4.78 is 57.0. The number of hydrogen-bond donors (Lipinski definition) is 4. The Hall–Kier alpha value is -5.77. The summed E-state index contributed by atoms with van der Waals surface area (Å²) >= 11 is -1.52. The zero-order chi connectivity index (χ0) is 43.0. The van der Waals surface area contributed by atoms with Crippen molar-refractivity contribution in [2.75, 3.05) is 29.5 Å². The van der Waals surface area contributed by atoms with Crippen molar-refractivity contribution in [3.8, 4) is 5.75 Å². The molecule has 310 valence electrons. The Kier molecular flexibility index (Phi) is 18.4. The van der Waals surface area contributed by atoms with Gasteiger partial charge in [-0.25, -0.2) is 9.59 Å². The van der Waals surface area contributed by atoms with Crippen molar-refractivity contribution in [2.24, 2.45) is 0 Å². The average molecular weight is 919 g/mol. The van der Waals surface area contributed by atoms with E-state index in [1.807, 2.05) is 29.2 Å². The van der Waals surface area contributed by atoms with Crippen molar-refractivity contribution in [3.63, 3.8) is 0 Å². The zero-order valence-electron chi connectivity index (χ0n) is 31.8. The molecule has 4 amide bonds. The molecule has 0 radical (unpaired) electrons. The first-order valence-corrected chi connectivity index (χ1v) is 20.6. The first kappa shape index (κ1) is 47.4. The van der Waals surface area contributed by atoms with E-state index >= 15 is 0 Å². The van der Waals surface area contributed by atoms with Crippen molar-refractivity contribution in [1.29, 1.82) is 0 Å². The van der Waals surface area contributed by atoms with Gasteiger partial charge in [-0.1, -0.05) is 18.2 Å². The van der Waals surface area contributed by atoms with E-state index in [4.69, 9.17) is 3.07 Å². The number of hydrogen-bond acceptors (Lipinski definition) is 12. The number of nitrogens with zero attached hydrogens (tertiary/aromatic N) is 1. The smallest absolute Gasteiger partial charge is 0.467 e. The molecule has 16 nitrogen and oxygen atoms in total. The van der Waals surface area contributed by atoms with E-state index in [9.17, 15) is 51.9 Å². The average Bonchev–Trinajstić information content (AvgIpc) is 3.43. The molecule has 0 bridgehead atoms. The van der Waals surface area contributed by atoms with E-state index in [0.29, 0.717) is 10.8 Å². The number of anilines is 2. The number of carbonyl (C=O) groups excluding carboxylic acids is 7. The van der Waals surface area contributed by atoms with Crippen LogP contribution in [-0.4, -0.2) is 84.3 Å². The summed E-state index contributed by atoms with van der Waals surface area (Å²) in [5.74, 6) is -3.97. The predicted octanol–water partition coefficient (Wildman–Crippen LogP) is 4.49. The topological polar surface area (TPSA) is 216 Å². The Morgan fingerprint density at radius 2 is 1.30 bits per heavy atom. The van der Waals surface area contributed by atoms with Gasteiger partial charge >= 0.3 is 90.7 Å². The fourth-order valence-corrected chi connectivity index (χ4v) is 7.84. The molecule has 0 spiro atoms. The maximum Gasteiger partial charge on any atom is 0.573 e. The number of rotatable bonds is 11. The van der Waals surface area contributed by atoms with E-state index in [1.54, 1.807) is 24.3 Å². The van der Waals surface area contributed by atoms with Crippen LogP contribution in [0.25, 0.3) is 0 Å². The van der Waals surface area contributed by atoms with Crippen LogP contribution in [0, 0.1) is 3.57 Å². The number of halogens is 4. The van der Waals surface area contributed by atoms with E-state index in [2.05, 4.69) is 30.2 Å². The maximum absolute atomic E-state index is 12.5. The minimum atomic E-state index is -4.97. The normalized spacial score (nSPS) is 13.0. The minimum Gasteiger partial charge on any atom is -0.467 e. The molecule has 0 saturated carbocycles. The van der Waals surface area contributed by atoms with Gasteiger partial charge in [0.25, 0.3) is 0 Å². The maximum atomic E-state index is 12.5. The molecule has 0 unspecified atom stereocenters. The first-order chi connectivity index (χ1) is 26.6. The quantitative estimate of drug-likeness (QED) is 0.0689. The van der Waals surface area contributed by atoms with Crippen molar-refractivity contribution < 1.29 is 69.2 Å². The Morgan fingerprint density at radius 3 is 1.75 bits per heavy atom. The molecule has 3 aromatic carbocycles. The summed E-state index contributed by atoms with van der Waals surface area (Å²) in [5, 5.41) is 17.1. The number of ether oxygens (including phenoxy) is 3. The predicted molar refractivity (Wildman–Crippen MR) is 206 cm³/mol. The molecule has 1 aliphatic heterocycles. The monoisotopic (exact) mass is 918 g/mol. The standard InChI is InChI=1S/C15H17F3N2O5.C14H18N2O5.C8H7IO2/c1-8(21)19-11-5-4-10(7-13(11)25-15(16,17)18)6-12(14(23)24-3)20-9(2)22;1-9(17)15-13(14(19)21-3)8-11-4-6-12(7-5-11)16(20)10(2)18;1-9-7-5-3-2-4-6(7)8(10)11-9/h4-5,7,12H,6H2,1-3H3,(H,19,21)(H,20,22);4-7,13,20H,8H2,1-3H3,(H,15,17);2-5H,1H3/t12-;13-;/m11./s1. The van der Waals surface area contributed by atoms with E-state index < -0.39 is 74.1 Å². The van der Waals surface area contributed by atoms with Crippen LogP contribution in [0.2, 0.25) is 0 Å². The van der Waals surface area contributed by atoms with Gasteiger partial charge in [-0.2, -0.15) is 5.06 Å². The van der Waals surface area contributed by atoms with Gasteiger partial charge in [0, 0.05) is 40.5 Å². The second-order valence-corrected chi connectivity index (χ2v) is 15.8. The van der Waals surface area contributed by atoms with Gasteiger partial charge in [-0.05, 0) is 35.4 Å². The number of carbonyl (C=O) groups is 7. The first-order valence-electron chi connectivity index (χ1n) is 16.5. The third-order valence-corrected chi connectivity index (χ3v) is 10.9. The molecule has 2 atom stereocenters. The molecule has 0 saturated heterocycles. The van der Waals surface area contributed by atoms with Crippen LogP contribution in [0.3, 0.4) is 0 Å². The zero-order valence-corrected chi connectivity index (χ0v) is 34.0. The van der Waals surface area contributed by atoms with Gasteiger partial charge in [0.15, 0.2) is 5.75 Å². The molecule has 1 heterocycles. The van der Waals surface area contributed by atoms with Crippen molar-refractivity contribution >= 4 is 73.1 Å². The third-order valence-electron chi connectivity index (χ3n) is 7.23. The van der Waals surface area contributed by atoms with Crippen LogP contribution in [0.15, 0.2) is 66.7 Å². The van der Waals surface area contributed by atoms with Gasteiger partial charge in [0.2, 0.25) is 23.6 Å². The van der Waals surface area contributed by atoms with Crippen LogP contribution in [0.5, 0.6) is 5.75 Å². The molecule has 20 heteroatoms. The Labute approximate surface area is 333 Å². The number of benzene rings is 3. The molecule has 4 N–H and O–H groups in total. The summed E-state index contributed by atoms with van der Waals surface area (Å²) in [5.41, 5.74) is 1.93. The van der Waals surface area contributed by atoms with Gasteiger partial charge in [-0.15, -0.1) is 13.2 Å². The third kappa shape index (κ3) is 16.1. The summed E-state index contributed by atoms with van der Waals surface area (Å²) in [7, 11) is 2.37. The molecule has 57 heavy (non-hydrogen) atoms. The SMILES string of the molecule is CI1OC(=O)c2ccccc21.COC(=O)[C@@H](Cc1ccc(N(O)C(C)=O)cc1)NC(C)=O.COC(=O)[C@@H](Cc1ccc(NC(C)=O)c(OC(F)(F)F)c1)NC(C)=O. The number of amides is 4. The Bertz CT molecular complexity index is 1930. The fraction of sp³-hybridized carbons (Fsp3) is 0.324.